The third-order valence-corrected chi connectivity index (χ3v) is 4.30. The smallest absolute Gasteiger partial charge is 0.245 e. The predicted molar refractivity (Wildman–Crippen MR) is 108 cm³/mol. The van der Waals surface area contributed by atoms with E-state index in [-0.39, 0.29) is 6.42 Å². The van der Waals surface area contributed by atoms with Gasteiger partial charge in [-0.05, 0) is 19.4 Å². The van der Waals surface area contributed by atoms with E-state index in [2.05, 4.69) is 16.0 Å². The molecule has 0 heterocycles. The normalized spacial score (nSPS) is 15.8. The van der Waals surface area contributed by atoms with Crippen molar-refractivity contribution in [1.82, 2.24) is 16.0 Å². The van der Waals surface area contributed by atoms with Gasteiger partial charge in [-0.15, -0.1) is 0 Å². The third-order valence-electron chi connectivity index (χ3n) is 4.30. The van der Waals surface area contributed by atoms with Crippen LogP contribution in [0.3, 0.4) is 0 Å². The first kappa shape index (κ1) is 25.0. The Hall–Kier alpha value is -3.02. The summed E-state index contributed by atoms with van der Waals surface area (Å²) in [6, 6.07) is 3.98. The number of hydrogen-bond donors (Lipinski definition) is 7. The van der Waals surface area contributed by atoms with Crippen molar-refractivity contribution in [2.24, 2.45) is 11.5 Å². The van der Waals surface area contributed by atoms with Crippen LogP contribution in [0.2, 0.25) is 0 Å². The van der Waals surface area contributed by atoms with Gasteiger partial charge in [0.1, 0.15) is 24.2 Å². The first-order valence-corrected chi connectivity index (χ1v) is 9.35. The molecule has 9 N–H and O–H groups in total. The molecule has 1 aromatic rings. The standard InChI is InChI=1S/C19H29N5O6/c1-10(16(21)27)22-19(30)15(11(2)26)24-18(29)14(23-17(28)13(20)9-25)8-12-6-4-3-5-7-12/h3-7,10-11,13-15,25-26H,8-9,20H2,1-2H3,(H2,21,27)(H,22,30)(H,23,28)(H,24,29)/t10-,11+,13-,14-,15-/m0/s1. The van der Waals surface area contributed by atoms with Crippen molar-refractivity contribution in [1.29, 1.82) is 0 Å². The fraction of sp³-hybridized carbons (Fsp3) is 0.474. The highest BCUT2D eigenvalue weighted by molar-refractivity contribution is 5.94. The van der Waals surface area contributed by atoms with Crippen molar-refractivity contribution in [2.75, 3.05) is 6.61 Å². The molecule has 0 saturated carbocycles. The number of hydrogen-bond acceptors (Lipinski definition) is 7. The maximum absolute atomic E-state index is 12.8. The Morgan fingerprint density at radius 3 is 2.07 bits per heavy atom. The molecule has 0 bridgehead atoms. The first-order chi connectivity index (χ1) is 14.1. The minimum absolute atomic E-state index is 0.0718. The minimum Gasteiger partial charge on any atom is -0.394 e. The molecular formula is C19H29N5O6. The Morgan fingerprint density at radius 1 is 0.967 bits per heavy atom. The summed E-state index contributed by atoms with van der Waals surface area (Å²) in [5, 5.41) is 26.1. The average molecular weight is 423 g/mol. The largest absolute Gasteiger partial charge is 0.394 e. The molecular weight excluding hydrogens is 394 g/mol. The maximum atomic E-state index is 12.8. The zero-order valence-corrected chi connectivity index (χ0v) is 16.9. The Kier molecular flexibility index (Phi) is 9.89. The topological polar surface area (TPSA) is 197 Å². The molecule has 30 heavy (non-hydrogen) atoms. The van der Waals surface area contributed by atoms with E-state index in [1.54, 1.807) is 30.3 Å². The Balaban J connectivity index is 3.00. The van der Waals surface area contributed by atoms with Gasteiger partial charge in [-0.3, -0.25) is 19.2 Å². The molecule has 5 atom stereocenters. The molecule has 0 saturated heterocycles. The molecule has 1 aromatic carbocycles. The quantitative estimate of drug-likeness (QED) is 0.195. The van der Waals surface area contributed by atoms with Crippen LogP contribution in [0, 0.1) is 0 Å². The van der Waals surface area contributed by atoms with Gasteiger partial charge in [-0.1, -0.05) is 30.3 Å². The van der Waals surface area contributed by atoms with Gasteiger partial charge in [0, 0.05) is 6.42 Å². The van der Waals surface area contributed by atoms with Crippen LogP contribution in [0.4, 0.5) is 0 Å². The fourth-order valence-electron chi connectivity index (χ4n) is 2.45. The highest BCUT2D eigenvalue weighted by Gasteiger charge is 2.31. The highest BCUT2D eigenvalue weighted by Crippen LogP contribution is 2.05. The zero-order valence-electron chi connectivity index (χ0n) is 16.9. The van der Waals surface area contributed by atoms with E-state index in [1.807, 2.05) is 0 Å². The van der Waals surface area contributed by atoms with E-state index < -0.39 is 60.5 Å². The summed E-state index contributed by atoms with van der Waals surface area (Å²) in [5.74, 6) is -3.12. The lowest BCUT2D eigenvalue weighted by Crippen LogP contribution is -2.60. The second-order valence-electron chi connectivity index (χ2n) is 6.90. The van der Waals surface area contributed by atoms with Gasteiger partial charge in [-0.25, -0.2) is 0 Å². The molecule has 166 valence electrons. The number of rotatable bonds is 11. The SMILES string of the molecule is C[C@H](NC(=O)[C@@H](NC(=O)[C@H](Cc1ccccc1)NC(=O)[C@@H](N)CO)[C@@H](C)O)C(N)=O. The predicted octanol–water partition coefficient (Wildman–Crippen LogP) is -3.11. The average Bonchev–Trinajstić information content (AvgIpc) is 2.70. The molecule has 0 aliphatic rings. The van der Waals surface area contributed by atoms with Gasteiger partial charge < -0.3 is 37.6 Å². The van der Waals surface area contributed by atoms with Gasteiger partial charge in [0.2, 0.25) is 23.6 Å². The molecule has 1 rings (SSSR count). The highest BCUT2D eigenvalue weighted by atomic mass is 16.3. The summed E-state index contributed by atoms with van der Waals surface area (Å²) in [5.41, 5.74) is 11.3. The number of aliphatic hydroxyl groups is 2. The van der Waals surface area contributed by atoms with Crippen LogP contribution in [0.25, 0.3) is 0 Å². The number of aliphatic hydroxyl groups excluding tert-OH is 2. The molecule has 0 aliphatic carbocycles. The Labute approximate surface area is 174 Å². The van der Waals surface area contributed by atoms with E-state index in [9.17, 15) is 24.3 Å². The molecule has 4 amide bonds. The molecule has 0 aromatic heterocycles. The van der Waals surface area contributed by atoms with Gasteiger partial charge >= 0.3 is 0 Å². The van der Waals surface area contributed by atoms with Crippen molar-refractivity contribution < 1.29 is 29.4 Å². The number of primary amides is 1. The molecule has 0 aliphatic heterocycles. The summed E-state index contributed by atoms with van der Waals surface area (Å²) in [7, 11) is 0. The molecule has 0 radical (unpaired) electrons. The monoisotopic (exact) mass is 423 g/mol. The van der Waals surface area contributed by atoms with Crippen molar-refractivity contribution in [3.63, 3.8) is 0 Å². The first-order valence-electron chi connectivity index (χ1n) is 9.35. The lowest BCUT2D eigenvalue weighted by Gasteiger charge is -2.26. The number of benzene rings is 1. The summed E-state index contributed by atoms with van der Waals surface area (Å²) >= 11 is 0. The number of nitrogens with one attached hydrogen (secondary N) is 3. The van der Waals surface area contributed by atoms with Crippen molar-refractivity contribution in [2.45, 2.75) is 50.5 Å². The summed E-state index contributed by atoms with van der Waals surface area (Å²) in [4.78, 5) is 48.4. The Bertz CT molecular complexity index is 742. The van der Waals surface area contributed by atoms with E-state index in [4.69, 9.17) is 16.6 Å². The van der Waals surface area contributed by atoms with E-state index in [1.165, 1.54) is 13.8 Å². The van der Waals surface area contributed by atoms with Crippen molar-refractivity contribution in [3.05, 3.63) is 35.9 Å². The number of nitrogens with two attached hydrogens (primary N) is 2. The van der Waals surface area contributed by atoms with Crippen LogP contribution in [-0.4, -0.2) is 70.7 Å². The second-order valence-corrected chi connectivity index (χ2v) is 6.90. The van der Waals surface area contributed by atoms with Gasteiger partial charge in [0.15, 0.2) is 0 Å². The van der Waals surface area contributed by atoms with Gasteiger partial charge in [0.25, 0.3) is 0 Å². The summed E-state index contributed by atoms with van der Waals surface area (Å²) in [6.45, 7) is 2.02. The van der Waals surface area contributed by atoms with Crippen LogP contribution in [0.15, 0.2) is 30.3 Å². The second kappa shape index (κ2) is 11.9. The molecule has 0 spiro atoms. The van der Waals surface area contributed by atoms with Crippen LogP contribution < -0.4 is 27.4 Å². The number of carbonyl (C=O) groups excluding carboxylic acids is 4. The van der Waals surface area contributed by atoms with E-state index in [0.717, 1.165) is 5.56 Å². The fourth-order valence-corrected chi connectivity index (χ4v) is 2.45. The maximum Gasteiger partial charge on any atom is 0.245 e. The van der Waals surface area contributed by atoms with Gasteiger partial charge in [-0.2, -0.15) is 0 Å². The Morgan fingerprint density at radius 2 is 1.57 bits per heavy atom. The molecule has 11 nitrogen and oxygen atoms in total. The molecule has 11 heteroatoms. The zero-order chi connectivity index (χ0) is 22.8. The van der Waals surface area contributed by atoms with Crippen LogP contribution in [0.5, 0.6) is 0 Å². The van der Waals surface area contributed by atoms with E-state index in [0.29, 0.717) is 0 Å². The lowest BCUT2D eigenvalue weighted by atomic mass is 10.0. The minimum atomic E-state index is -1.40. The van der Waals surface area contributed by atoms with Crippen molar-refractivity contribution >= 4 is 23.6 Å². The number of carbonyl (C=O) groups is 4. The number of amides is 4. The van der Waals surface area contributed by atoms with Gasteiger partial charge in [0.05, 0.1) is 12.7 Å². The van der Waals surface area contributed by atoms with Crippen LogP contribution in [-0.2, 0) is 25.6 Å². The van der Waals surface area contributed by atoms with Crippen LogP contribution in [0.1, 0.15) is 19.4 Å². The van der Waals surface area contributed by atoms with E-state index >= 15 is 0 Å². The van der Waals surface area contributed by atoms with Crippen molar-refractivity contribution in [3.8, 4) is 0 Å². The summed E-state index contributed by atoms with van der Waals surface area (Å²) in [6.07, 6.45) is -1.23. The summed E-state index contributed by atoms with van der Waals surface area (Å²) < 4.78 is 0. The lowest BCUT2D eigenvalue weighted by molar-refractivity contribution is -0.135. The molecule has 0 fully saturated rings. The molecule has 0 unspecified atom stereocenters. The third kappa shape index (κ3) is 7.78. The van der Waals surface area contributed by atoms with Crippen LogP contribution >= 0.6 is 0 Å².